The number of hydrogen-bond acceptors (Lipinski definition) is 2. The molecular formula is C35H54N2Pd. The van der Waals surface area contributed by atoms with Crippen molar-refractivity contribution >= 4 is 23.3 Å². The van der Waals surface area contributed by atoms with Crippen LogP contribution in [-0.4, -0.2) is 11.9 Å². The number of rotatable bonds is 19. The SMILES string of the molecule is CCCCCc1cc(CCCCC)cc(/N=C/C(C)=N/c2cc(CCCCC)cc(CCCCC)c2)c1.[Pd]. The fraction of sp³-hybridized carbons (Fsp3) is 0.600. The van der Waals surface area contributed by atoms with Crippen molar-refractivity contribution < 1.29 is 20.4 Å². The summed E-state index contributed by atoms with van der Waals surface area (Å²) < 4.78 is 0. The zero-order valence-corrected chi connectivity index (χ0v) is 26.6. The van der Waals surface area contributed by atoms with Gasteiger partial charge in [-0.2, -0.15) is 0 Å². The number of nitrogens with zero attached hydrogens (tertiary/aromatic N) is 2. The zero-order chi connectivity index (χ0) is 26.7. The van der Waals surface area contributed by atoms with Crippen molar-refractivity contribution in [2.45, 2.75) is 137 Å². The van der Waals surface area contributed by atoms with Crippen LogP contribution in [0.4, 0.5) is 11.4 Å². The number of hydrogen-bond donors (Lipinski definition) is 0. The Morgan fingerprint density at radius 1 is 0.526 bits per heavy atom. The van der Waals surface area contributed by atoms with Crippen molar-refractivity contribution in [1.29, 1.82) is 0 Å². The Bertz CT molecular complexity index is 904. The summed E-state index contributed by atoms with van der Waals surface area (Å²) in [6, 6.07) is 14.0. The third-order valence-electron chi connectivity index (χ3n) is 7.06. The molecule has 2 nitrogen and oxygen atoms in total. The van der Waals surface area contributed by atoms with Gasteiger partial charge in [0.25, 0.3) is 0 Å². The summed E-state index contributed by atoms with van der Waals surface area (Å²) in [7, 11) is 0. The van der Waals surface area contributed by atoms with Gasteiger partial charge in [-0.05, 0) is 105 Å². The monoisotopic (exact) mass is 608 g/mol. The predicted molar refractivity (Wildman–Crippen MR) is 167 cm³/mol. The van der Waals surface area contributed by atoms with Crippen LogP contribution in [0.5, 0.6) is 0 Å². The van der Waals surface area contributed by atoms with Gasteiger partial charge in [-0.15, -0.1) is 0 Å². The minimum absolute atomic E-state index is 0. The summed E-state index contributed by atoms with van der Waals surface area (Å²) in [6.07, 6.45) is 21.8. The number of unbranched alkanes of at least 4 members (excludes halogenated alkanes) is 8. The van der Waals surface area contributed by atoms with Crippen LogP contribution in [0.3, 0.4) is 0 Å². The van der Waals surface area contributed by atoms with Crippen molar-refractivity contribution in [1.82, 2.24) is 0 Å². The molecule has 38 heavy (non-hydrogen) atoms. The Morgan fingerprint density at radius 3 is 1.21 bits per heavy atom. The summed E-state index contributed by atoms with van der Waals surface area (Å²) in [5.74, 6) is 0. The van der Waals surface area contributed by atoms with Gasteiger partial charge in [0.1, 0.15) is 0 Å². The van der Waals surface area contributed by atoms with Gasteiger partial charge in [-0.3, -0.25) is 9.98 Å². The Hall–Kier alpha value is -1.56. The van der Waals surface area contributed by atoms with Gasteiger partial charge in [0, 0.05) is 26.6 Å². The van der Waals surface area contributed by atoms with Gasteiger partial charge >= 0.3 is 0 Å². The van der Waals surface area contributed by atoms with Crippen LogP contribution in [0.2, 0.25) is 0 Å². The molecule has 0 aliphatic carbocycles. The topological polar surface area (TPSA) is 24.7 Å². The van der Waals surface area contributed by atoms with E-state index in [1.165, 1.54) is 99.3 Å². The van der Waals surface area contributed by atoms with Crippen LogP contribution < -0.4 is 0 Å². The van der Waals surface area contributed by atoms with Gasteiger partial charge in [0.05, 0.1) is 17.1 Å². The van der Waals surface area contributed by atoms with Crippen LogP contribution in [0.1, 0.15) is 134 Å². The molecular weight excluding hydrogens is 555 g/mol. The molecule has 0 saturated carbocycles. The largest absolute Gasteiger partial charge is 0.255 e. The molecule has 0 radical (unpaired) electrons. The Kier molecular flexibility index (Phi) is 19.3. The minimum atomic E-state index is 0. The molecule has 0 amide bonds. The first kappa shape index (κ1) is 34.5. The molecule has 3 heteroatoms. The number of benzene rings is 2. The molecule has 2 aromatic rings. The predicted octanol–water partition coefficient (Wildman–Crippen LogP) is 11.1. The van der Waals surface area contributed by atoms with Crippen LogP contribution in [0, 0.1) is 0 Å². The molecule has 0 unspecified atom stereocenters. The van der Waals surface area contributed by atoms with E-state index in [-0.39, 0.29) is 20.4 Å². The van der Waals surface area contributed by atoms with Crippen LogP contribution in [0.25, 0.3) is 0 Å². The van der Waals surface area contributed by atoms with Gasteiger partial charge < -0.3 is 0 Å². The van der Waals surface area contributed by atoms with Crippen LogP contribution >= 0.6 is 0 Å². The van der Waals surface area contributed by atoms with Crippen molar-refractivity contribution in [3.05, 3.63) is 58.7 Å². The van der Waals surface area contributed by atoms with E-state index in [1.807, 2.05) is 6.21 Å². The van der Waals surface area contributed by atoms with Crippen molar-refractivity contribution in [3.63, 3.8) is 0 Å². The molecule has 2 aromatic carbocycles. The molecule has 0 fully saturated rings. The molecule has 0 spiro atoms. The first-order valence-corrected chi connectivity index (χ1v) is 15.4. The summed E-state index contributed by atoms with van der Waals surface area (Å²) in [4.78, 5) is 9.88. The minimum Gasteiger partial charge on any atom is -0.255 e. The molecule has 2 rings (SSSR count). The summed E-state index contributed by atoms with van der Waals surface area (Å²) >= 11 is 0. The molecule has 0 aliphatic rings. The number of aryl methyl sites for hydroxylation is 4. The first-order chi connectivity index (χ1) is 18.1. The second-order valence-corrected chi connectivity index (χ2v) is 10.9. The third kappa shape index (κ3) is 14.6. The van der Waals surface area contributed by atoms with Gasteiger partial charge in [0.2, 0.25) is 0 Å². The summed E-state index contributed by atoms with van der Waals surface area (Å²) in [5.41, 5.74) is 8.85. The van der Waals surface area contributed by atoms with Crippen molar-refractivity contribution in [2.24, 2.45) is 9.98 Å². The molecule has 0 heterocycles. The molecule has 0 atom stereocenters. The number of aliphatic imine (C=N–C) groups is 2. The maximum Gasteiger partial charge on any atom is 0.0638 e. The van der Waals surface area contributed by atoms with E-state index in [0.717, 1.165) is 42.8 Å². The van der Waals surface area contributed by atoms with E-state index in [9.17, 15) is 0 Å². The quantitative estimate of drug-likeness (QED) is 0.0861. The Balaban J connectivity index is 0.00000722. The van der Waals surface area contributed by atoms with Gasteiger partial charge in [0.15, 0.2) is 0 Å². The van der Waals surface area contributed by atoms with E-state index in [0.29, 0.717) is 0 Å². The van der Waals surface area contributed by atoms with E-state index in [1.54, 1.807) is 0 Å². The Labute approximate surface area is 248 Å². The standard InChI is InChI=1S/C35H54N2.Pd/c1-6-10-14-18-30-22-31(19-15-11-7-2)25-34(24-30)36-28-29(5)37-35-26-32(20-16-12-8-3)23-33(27-35)21-17-13-9-4;/h22-28H,6-21H2,1-5H3;/b36-28+,37-29+;. The zero-order valence-electron chi connectivity index (χ0n) is 25.1. The average Bonchev–Trinajstić information content (AvgIpc) is 2.88. The van der Waals surface area contributed by atoms with Crippen LogP contribution in [0.15, 0.2) is 46.4 Å². The molecule has 214 valence electrons. The smallest absolute Gasteiger partial charge is 0.0638 e. The van der Waals surface area contributed by atoms with Crippen LogP contribution in [-0.2, 0) is 46.1 Å². The molecule has 0 aromatic heterocycles. The van der Waals surface area contributed by atoms with Crippen molar-refractivity contribution in [2.75, 3.05) is 0 Å². The van der Waals surface area contributed by atoms with Gasteiger partial charge in [-0.25, -0.2) is 0 Å². The van der Waals surface area contributed by atoms with Crippen molar-refractivity contribution in [3.8, 4) is 0 Å². The third-order valence-corrected chi connectivity index (χ3v) is 7.06. The van der Waals surface area contributed by atoms with E-state index < -0.39 is 0 Å². The molecule has 0 bridgehead atoms. The molecule has 0 aliphatic heterocycles. The fourth-order valence-corrected chi connectivity index (χ4v) is 4.92. The van der Waals surface area contributed by atoms with E-state index in [4.69, 9.17) is 9.98 Å². The maximum atomic E-state index is 4.99. The Morgan fingerprint density at radius 2 is 0.868 bits per heavy atom. The normalized spacial score (nSPS) is 11.8. The second-order valence-electron chi connectivity index (χ2n) is 10.9. The van der Waals surface area contributed by atoms with E-state index >= 15 is 0 Å². The maximum absolute atomic E-state index is 4.99. The average molecular weight is 609 g/mol. The fourth-order valence-electron chi connectivity index (χ4n) is 4.92. The van der Waals surface area contributed by atoms with Gasteiger partial charge in [-0.1, -0.05) is 91.2 Å². The first-order valence-electron chi connectivity index (χ1n) is 15.4. The van der Waals surface area contributed by atoms with E-state index in [2.05, 4.69) is 71.0 Å². The molecule has 0 saturated heterocycles. The summed E-state index contributed by atoms with van der Waals surface area (Å²) in [5, 5.41) is 0. The molecule has 0 N–H and O–H groups in total. The summed E-state index contributed by atoms with van der Waals surface area (Å²) in [6.45, 7) is 11.2. The second kappa shape index (κ2) is 21.3.